The Morgan fingerprint density at radius 2 is 2.17 bits per heavy atom. The van der Waals surface area contributed by atoms with Crippen LogP contribution in [0.15, 0.2) is 12.1 Å². The zero-order valence-electron chi connectivity index (χ0n) is 9.95. The molecule has 0 heterocycles. The van der Waals surface area contributed by atoms with Crippen molar-refractivity contribution in [3.63, 3.8) is 0 Å². The molecule has 0 amide bonds. The molecule has 1 atom stereocenters. The van der Waals surface area contributed by atoms with Gasteiger partial charge in [-0.15, -0.1) is 0 Å². The predicted octanol–water partition coefficient (Wildman–Crippen LogP) is 3.47. The lowest BCUT2D eigenvalue weighted by atomic mass is 10.1. The largest absolute Gasteiger partial charge is 0.375 e. The zero-order valence-corrected chi connectivity index (χ0v) is 9.95. The summed E-state index contributed by atoms with van der Waals surface area (Å²) in [5.41, 5.74) is -0.787. The van der Waals surface area contributed by atoms with E-state index in [-0.39, 0.29) is 11.7 Å². The normalized spacial score (nSPS) is 16.4. The van der Waals surface area contributed by atoms with E-state index in [1.807, 2.05) is 6.92 Å². The maximum atomic E-state index is 13.6. The summed E-state index contributed by atoms with van der Waals surface area (Å²) in [6, 6.07) is 1.31. The highest BCUT2D eigenvalue weighted by molar-refractivity contribution is 5.62. The van der Waals surface area contributed by atoms with Gasteiger partial charge < -0.3 is 5.32 Å². The molecule has 0 aromatic heterocycles. The van der Waals surface area contributed by atoms with Gasteiger partial charge in [-0.1, -0.05) is 12.8 Å². The minimum atomic E-state index is -0.945. The van der Waals surface area contributed by atoms with Gasteiger partial charge in [0.05, 0.1) is 11.0 Å². The number of nitrogens with one attached hydrogen (secondary N) is 1. The van der Waals surface area contributed by atoms with Gasteiger partial charge >= 0.3 is 0 Å². The molecule has 1 aromatic rings. The maximum absolute atomic E-state index is 13.6. The lowest BCUT2D eigenvalue weighted by molar-refractivity contribution is -0.384. The number of halogens is 2. The minimum absolute atomic E-state index is 0.0730. The van der Waals surface area contributed by atoms with Crippen LogP contribution in [0.3, 0.4) is 0 Å². The Kier molecular flexibility index (Phi) is 3.45. The van der Waals surface area contributed by atoms with Crippen LogP contribution in [0.1, 0.15) is 26.2 Å². The number of benzene rings is 1. The van der Waals surface area contributed by atoms with Crippen LogP contribution < -0.4 is 5.32 Å². The summed E-state index contributed by atoms with van der Waals surface area (Å²) < 4.78 is 26.5. The van der Waals surface area contributed by atoms with Crippen LogP contribution in [0.4, 0.5) is 20.2 Å². The quantitative estimate of drug-likeness (QED) is 0.648. The molecule has 0 radical (unpaired) electrons. The Morgan fingerprint density at radius 1 is 1.50 bits per heavy atom. The summed E-state index contributed by atoms with van der Waals surface area (Å²) in [7, 11) is 0. The van der Waals surface area contributed by atoms with Gasteiger partial charge in [-0.05, 0) is 19.3 Å². The highest BCUT2D eigenvalue weighted by Gasteiger charge is 2.26. The molecule has 2 rings (SSSR count). The third kappa shape index (κ3) is 2.94. The van der Waals surface area contributed by atoms with Crippen LogP contribution in [-0.4, -0.2) is 11.0 Å². The van der Waals surface area contributed by atoms with Gasteiger partial charge in [-0.25, -0.2) is 8.78 Å². The first-order valence-corrected chi connectivity index (χ1v) is 5.87. The molecular weight excluding hydrogens is 242 g/mol. The molecule has 1 aliphatic carbocycles. The molecule has 6 heteroatoms. The SMILES string of the molecule is CC(CC1CC1)Nc1c(F)cc(F)cc1[N+](=O)[O-]. The van der Waals surface area contributed by atoms with Crippen LogP contribution in [0.25, 0.3) is 0 Å². The van der Waals surface area contributed by atoms with Crippen molar-refractivity contribution >= 4 is 11.4 Å². The topological polar surface area (TPSA) is 55.2 Å². The van der Waals surface area contributed by atoms with Crippen LogP contribution in [0.2, 0.25) is 0 Å². The summed E-state index contributed by atoms with van der Waals surface area (Å²) in [5.74, 6) is -1.25. The summed E-state index contributed by atoms with van der Waals surface area (Å²) in [6.07, 6.45) is 3.15. The number of nitro benzene ring substituents is 1. The number of hydrogen-bond acceptors (Lipinski definition) is 3. The van der Waals surface area contributed by atoms with E-state index in [4.69, 9.17) is 0 Å². The standard InChI is InChI=1S/C12H14F2N2O2/c1-7(4-8-2-3-8)15-12-10(14)5-9(13)6-11(12)16(17)18/h5-8,15H,2-4H2,1H3. The minimum Gasteiger partial charge on any atom is -0.375 e. The summed E-state index contributed by atoms with van der Waals surface area (Å²) >= 11 is 0. The molecule has 0 saturated heterocycles. The van der Waals surface area contributed by atoms with Crippen LogP contribution in [0.5, 0.6) is 0 Å². The first kappa shape index (κ1) is 12.7. The fourth-order valence-electron chi connectivity index (χ4n) is 2.01. The highest BCUT2D eigenvalue weighted by Crippen LogP contribution is 2.35. The van der Waals surface area contributed by atoms with Crippen LogP contribution >= 0.6 is 0 Å². The molecule has 1 unspecified atom stereocenters. The number of nitro groups is 1. The average molecular weight is 256 g/mol. The fraction of sp³-hybridized carbons (Fsp3) is 0.500. The summed E-state index contributed by atoms with van der Waals surface area (Å²) in [5, 5.41) is 13.5. The second-order valence-electron chi connectivity index (χ2n) is 4.76. The molecule has 4 nitrogen and oxygen atoms in total. The lowest BCUT2D eigenvalue weighted by Crippen LogP contribution is -2.18. The van der Waals surface area contributed by atoms with E-state index in [2.05, 4.69) is 5.32 Å². The van der Waals surface area contributed by atoms with Gasteiger partial charge in [0.2, 0.25) is 0 Å². The highest BCUT2D eigenvalue weighted by atomic mass is 19.1. The molecule has 1 N–H and O–H groups in total. The van der Waals surface area contributed by atoms with E-state index in [1.54, 1.807) is 0 Å². The predicted molar refractivity (Wildman–Crippen MR) is 63.4 cm³/mol. The van der Waals surface area contributed by atoms with Crippen molar-refractivity contribution in [3.8, 4) is 0 Å². The average Bonchev–Trinajstić information content (AvgIpc) is 3.05. The first-order valence-electron chi connectivity index (χ1n) is 5.87. The van der Waals surface area contributed by atoms with Gasteiger partial charge in [0.25, 0.3) is 5.69 Å². The fourth-order valence-corrected chi connectivity index (χ4v) is 2.01. The molecule has 98 valence electrons. The molecule has 1 saturated carbocycles. The second-order valence-corrected chi connectivity index (χ2v) is 4.76. The van der Waals surface area contributed by atoms with E-state index in [9.17, 15) is 18.9 Å². The van der Waals surface area contributed by atoms with Crippen LogP contribution in [-0.2, 0) is 0 Å². The molecule has 0 aliphatic heterocycles. The Hall–Kier alpha value is -1.72. The Morgan fingerprint density at radius 3 is 2.72 bits per heavy atom. The number of anilines is 1. The zero-order chi connectivity index (χ0) is 13.3. The van der Waals surface area contributed by atoms with Crippen molar-refractivity contribution in [3.05, 3.63) is 33.9 Å². The molecule has 1 fully saturated rings. The molecule has 1 aromatic carbocycles. The van der Waals surface area contributed by atoms with Crippen molar-refractivity contribution in [1.29, 1.82) is 0 Å². The molecule has 0 spiro atoms. The van der Waals surface area contributed by atoms with Gasteiger partial charge in [0, 0.05) is 12.1 Å². The summed E-state index contributed by atoms with van der Waals surface area (Å²) in [6.45, 7) is 1.84. The Balaban J connectivity index is 2.21. The van der Waals surface area contributed by atoms with E-state index >= 15 is 0 Å². The van der Waals surface area contributed by atoms with Crippen molar-refractivity contribution in [2.45, 2.75) is 32.2 Å². The summed E-state index contributed by atoms with van der Waals surface area (Å²) in [4.78, 5) is 10.00. The van der Waals surface area contributed by atoms with E-state index < -0.39 is 22.2 Å². The smallest absolute Gasteiger partial charge is 0.298 e. The van der Waals surface area contributed by atoms with Crippen molar-refractivity contribution in [2.24, 2.45) is 5.92 Å². The van der Waals surface area contributed by atoms with Crippen molar-refractivity contribution in [1.82, 2.24) is 0 Å². The third-order valence-corrected chi connectivity index (χ3v) is 3.01. The molecule has 1 aliphatic rings. The van der Waals surface area contributed by atoms with Gasteiger partial charge in [0.1, 0.15) is 11.5 Å². The van der Waals surface area contributed by atoms with E-state index in [0.29, 0.717) is 12.0 Å². The molecule has 18 heavy (non-hydrogen) atoms. The first-order chi connectivity index (χ1) is 8.47. The molecular formula is C12H14F2N2O2. The number of hydrogen-bond donors (Lipinski definition) is 1. The van der Waals surface area contributed by atoms with Gasteiger partial charge in [-0.3, -0.25) is 10.1 Å². The van der Waals surface area contributed by atoms with Gasteiger partial charge in [0.15, 0.2) is 5.82 Å². The van der Waals surface area contributed by atoms with Crippen molar-refractivity contribution in [2.75, 3.05) is 5.32 Å². The second kappa shape index (κ2) is 4.88. The Bertz CT molecular complexity index is 475. The molecule has 0 bridgehead atoms. The monoisotopic (exact) mass is 256 g/mol. The van der Waals surface area contributed by atoms with Gasteiger partial charge in [-0.2, -0.15) is 0 Å². The third-order valence-electron chi connectivity index (χ3n) is 3.01. The number of rotatable bonds is 5. The number of nitrogens with zero attached hydrogens (tertiary/aromatic N) is 1. The van der Waals surface area contributed by atoms with Crippen LogP contribution in [0, 0.1) is 27.7 Å². The van der Waals surface area contributed by atoms with E-state index in [0.717, 1.165) is 25.3 Å². The van der Waals surface area contributed by atoms with Crippen molar-refractivity contribution < 1.29 is 13.7 Å². The van der Waals surface area contributed by atoms with E-state index in [1.165, 1.54) is 0 Å². The maximum Gasteiger partial charge on any atom is 0.298 e. The Labute approximate surface area is 103 Å². The lowest BCUT2D eigenvalue weighted by Gasteiger charge is -2.15.